The Hall–Kier alpha value is -2.99. The Kier molecular flexibility index (Phi) is 5.90. The molecule has 0 aromatic heterocycles. The summed E-state index contributed by atoms with van der Waals surface area (Å²) in [4.78, 5) is 0.205. The summed E-state index contributed by atoms with van der Waals surface area (Å²) in [7, 11) is -0.647. The van der Waals surface area contributed by atoms with Gasteiger partial charge in [-0.3, -0.25) is 4.31 Å². The number of rotatable bonds is 7. The van der Waals surface area contributed by atoms with E-state index in [0.29, 0.717) is 17.2 Å². The van der Waals surface area contributed by atoms with Crippen molar-refractivity contribution in [2.24, 2.45) is 0 Å². The summed E-state index contributed by atoms with van der Waals surface area (Å²) in [6.45, 7) is 2.22. The van der Waals surface area contributed by atoms with E-state index in [4.69, 9.17) is 9.47 Å². The number of methoxy groups -OCH3 is 2. The second-order valence-electron chi connectivity index (χ2n) is 6.37. The standard InChI is InChI=1S/C22H23NO4S/c1-17-4-6-18(7-5-17)16-23(19-8-10-20(26-2)11-9-19)28(24,25)22-14-12-21(27-3)13-15-22/h4-15H,16H2,1-3H3. The fraction of sp³-hybridized carbons (Fsp3) is 0.182. The van der Waals surface area contributed by atoms with Crippen LogP contribution in [0.25, 0.3) is 0 Å². The second-order valence-corrected chi connectivity index (χ2v) is 8.23. The Balaban J connectivity index is 2.03. The Morgan fingerprint density at radius 2 is 1.25 bits per heavy atom. The lowest BCUT2D eigenvalue weighted by molar-refractivity contribution is 0.414. The lowest BCUT2D eigenvalue weighted by Gasteiger charge is -2.25. The third-order valence-electron chi connectivity index (χ3n) is 4.45. The molecule has 28 heavy (non-hydrogen) atoms. The van der Waals surface area contributed by atoms with Crippen molar-refractivity contribution in [1.29, 1.82) is 0 Å². The molecule has 3 aromatic rings. The lowest BCUT2D eigenvalue weighted by atomic mass is 10.1. The van der Waals surface area contributed by atoms with Crippen LogP contribution in [0.4, 0.5) is 5.69 Å². The number of nitrogens with zero attached hydrogens (tertiary/aromatic N) is 1. The molecule has 0 amide bonds. The van der Waals surface area contributed by atoms with Gasteiger partial charge in [0.2, 0.25) is 0 Å². The van der Waals surface area contributed by atoms with Crippen LogP contribution in [0.15, 0.2) is 77.7 Å². The van der Waals surface area contributed by atoms with Crippen LogP contribution in [-0.2, 0) is 16.6 Å². The van der Waals surface area contributed by atoms with Gasteiger partial charge in [-0.1, -0.05) is 29.8 Å². The zero-order chi connectivity index (χ0) is 20.1. The number of hydrogen-bond donors (Lipinski definition) is 0. The smallest absolute Gasteiger partial charge is 0.264 e. The highest BCUT2D eigenvalue weighted by atomic mass is 32.2. The van der Waals surface area contributed by atoms with Gasteiger partial charge in [0.25, 0.3) is 10.0 Å². The van der Waals surface area contributed by atoms with Crippen molar-refractivity contribution in [3.63, 3.8) is 0 Å². The molecule has 0 radical (unpaired) electrons. The zero-order valence-electron chi connectivity index (χ0n) is 16.1. The van der Waals surface area contributed by atoms with Gasteiger partial charge in [0.1, 0.15) is 11.5 Å². The summed E-state index contributed by atoms with van der Waals surface area (Å²) >= 11 is 0. The topological polar surface area (TPSA) is 55.8 Å². The third-order valence-corrected chi connectivity index (χ3v) is 6.24. The predicted octanol–water partition coefficient (Wildman–Crippen LogP) is 4.41. The predicted molar refractivity (Wildman–Crippen MR) is 111 cm³/mol. The maximum absolute atomic E-state index is 13.4. The van der Waals surface area contributed by atoms with Gasteiger partial charge in [0.15, 0.2) is 0 Å². The summed E-state index contributed by atoms with van der Waals surface area (Å²) in [5.74, 6) is 1.27. The first-order valence-corrected chi connectivity index (χ1v) is 10.2. The molecule has 0 fully saturated rings. The highest BCUT2D eigenvalue weighted by Crippen LogP contribution is 2.28. The Labute approximate surface area is 166 Å². The minimum atomic E-state index is -3.77. The van der Waals surface area contributed by atoms with E-state index in [0.717, 1.165) is 11.1 Å². The van der Waals surface area contributed by atoms with E-state index in [1.807, 2.05) is 31.2 Å². The number of ether oxygens (including phenoxy) is 2. The van der Waals surface area contributed by atoms with Gasteiger partial charge in [0.05, 0.1) is 31.3 Å². The fourth-order valence-electron chi connectivity index (χ4n) is 2.80. The maximum Gasteiger partial charge on any atom is 0.264 e. The van der Waals surface area contributed by atoms with E-state index in [-0.39, 0.29) is 11.4 Å². The van der Waals surface area contributed by atoms with Crippen LogP contribution in [0.2, 0.25) is 0 Å². The van der Waals surface area contributed by atoms with Gasteiger partial charge in [0, 0.05) is 0 Å². The number of aryl methyl sites for hydroxylation is 1. The molecule has 0 aliphatic rings. The van der Waals surface area contributed by atoms with Gasteiger partial charge in [-0.2, -0.15) is 0 Å². The van der Waals surface area contributed by atoms with E-state index >= 15 is 0 Å². The molecular formula is C22H23NO4S. The number of anilines is 1. The first kappa shape index (κ1) is 19.8. The second kappa shape index (κ2) is 8.35. The summed E-state index contributed by atoms with van der Waals surface area (Å²) in [6, 6.07) is 21.2. The van der Waals surface area contributed by atoms with E-state index in [1.54, 1.807) is 62.8 Å². The van der Waals surface area contributed by atoms with Gasteiger partial charge in [-0.15, -0.1) is 0 Å². The molecule has 0 atom stereocenters. The normalized spacial score (nSPS) is 11.1. The summed E-state index contributed by atoms with van der Waals surface area (Å²) < 4.78 is 38.6. The lowest BCUT2D eigenvalue weighted by Crippen LogP contribution is -2.30. The minimum Gasteiger partial charge on any atom is -0.497 e. The SMILES string of the molecule is COc1ccc(N(Cc2ccc(C)cc2)S(=O)(=O)c2ccc(OC)cc2)cc1. The number of sulfonamides is 1. The molecule has 5 nitrogen and oxygen atoms in total. The summed E-state index contributed by atoms with van der Waals surface area (Å²) in [6.07, 6.45) is 0. The zero-order valence-corrected chi connectivity index (χ0v) is 16.9. The highest BCUT2D eigenvalue weighted by molar-refractivity contribution is 7.92. The van der Waals surface area contributed by atoms with Crippen LogP contribution in [0.1, 0.15) is 11.1 Å². The van der Waals surface area contributed by atoms with Crippen LogP contribution in [0, 0.1) is 6.92 Å². The third kappa shape index (κ3) is 4.28. The minimum absolute atomic E-state index is 0.205. The summed E-state index contributed by atoms with van der Waals surface area (Å²) in [5, 5.41) is 0. The van der Waals surface area contributed by atoms with Gasteiger partial charge < -0.3 is 9.47 Å². The number of benzene rings is 3. The van der Waals surface area contributed by atoms with Crippen molar-refractivity contribution in [3.8, 4) is 11.5 Å². The molecular weight excluding hydrogens is 374 g/mol. The molecule has 0 heterocycles. The number of hydrogen-bond acceptors (Lipinski definition) is 4. The van der Waals surface area contributed by atoms with Gasteiger partial charge in [-0.05, 0) is 61.0 Å². The van der Waals surface area contributed by atoms with E-state index < -0.39 is 10.0 Å². The van der Waals surface area contributed by atoms with Crippen LogP contribution in [-0.4, -0.2) is 22.6 Å². The molecule has 146 valence electrons. The molecule has 3 aromatic carbocycles. The Morgan fingerprint density at radius 3 is 1.75 bits per heavy atom. The van der Waals surface area contributed by atoms with E-state index in [9.17, 15) is 8.42 Å². The van der Waals surface area contributed by atoms with Crippen molar-refractivity contribution in [1.82, 2.24) is 0 Å². The average Bonchev–Trinajstić information content (AvgIpc) is 2.73. The van der Waals surface area contributed by atoms with Crippen molar-refractivity contribution in [2.45, 2.75) is 18.4 Å². The molecule has 0 saturated carbocycles. The first-order chi connectivity index (χ1) is 13.4. The summed E-state index contributed by atoms with van der Waals surface area (Å²) in [5.41, 5.74) is 2.59. The quantitative estimate of drug-likeness (QED) is 0.593. The van der Waals surface area contributed by atoms with E-state index in [1.165, 1.54) is 4.31 Å². The molecule has 0 aliphatic heterocycles. The molecule has 0 aliphatic carbocycles. The van der Waals surface area contributed by atoms with Crippen molar-refractivity contribution >= 4 is 15.7 Å². The molecule has 3 rings (SSSR count). The molecule has 6 heteroatoms. The van der Waals surface area contributed by atoms with Gasteiger partial charge in [-0.25, -0.2) is 8.42 Å². The maximum atomic E-state index is 13.4. The van der Waals surface area contributed by atoms with E-state index in [2.05, 4.69) is 0 Å². The van der Waals surface area contributed by atoms with Crippen molar-refractivity contribution < 1.29 is 17.9 Å². The average molecular weight is 397 g/mol. The molecule has 0 saturated heterocycles. The largest absolute Gasteiger partial charge is 0.497 e. The first-order valence-electron chi connectivity index (χ1n) is 8.80. The Morgan fingerprint density at radius 1 is 0.750 bits per heavy atom. The fourth-order valence-corrected chi connectivity index (χ4v) is 4.25. The molecule has 0 spiro atoms. The van der Waals surface area contributed by atoms with Crippen LogP contribution in [0.5, 0.6) is 11.5 Å². The molecule has 0 unspecified atom stereocenters. The molecule has 0 N–H and O–H groups in total. The van der Waals surface area contributed by atoms with Crippen molar-refractivity contribution in [3.05, 3.63) is 83.9 Å². The van der Waals surface area contributed by atoms with Crippen LogP contribution < -0.4 is 13.8 Å². The van der Waals surface area contributed by atoms with Gasteiger partial charge >= 0.3 is 0 Å². The Bertz CT molecular complexity index is 1010. The molecule has 0 bridgehead atoms. The monoisotopic (exact) mass is 397 g/mol. The van der Waals surface area contributed by atoms with Crippen molar-refractivity contribution in [2.75, 3.05) is 18.5 Å². The highest BCUT2D eigenvalue weighted by Gasteiger charge is 2.25. The van der Waals surface area contributed by atoms with Crippen LogP contribution >= 0.6 is 0 Å². The van der Waals surface area contributed by atoms with Crippen LogP contribution in [0.3, 0.4) is 0 Å².